The van der Waals surface area contributed by atoms with Gasteiger partial charge in [0.1, 0.15) is 5.75 Å². The lowest BCUT2D eigenvalue weighted by molar-refractivity contribution is 0.205. The summed E-state index contributed by atoms with van der Waals surface area (Å²) in [6, 6.07) is 25.7. The van der Waals surface area contributed by atoms with E-state index in [2.05, 4.69) is 34.6 Å². The largest absolute Gasteiger partial charge is 0.434 e. The lowest BCUT2D eigenvalue weighted by atomic mass is 10.1. The van der Waals surface area contributed by atoms with Crippen molar-refractivity contribution in [2.75, 3.05) is 23.5 Å². The van der Waals surface area contributed by atoms with Gasteiger partial charge >= 0.3 is 6.09 Å². The minimum absolute atomic E-state index is 0.465. The Kier molecular flexibility index (Phi) is 5.26. The van der Waals surface area contributed by atoms with Crippen LogP contribution in [0.5, 0.6) is 5.75 Å². The second kappa shape index (κ2) is 8.15. The van der Waals surface area contributed by atoms with Crippen molar-refractivity contribution in [1.29, 1.82) is 0 Å². The fourth-order valence-electron chi connectivity index (χ4n) is 3.53. The van der Waals surface area contributed by atoms with E-state index in [0.29, 0.717) is 5.75 Å². The lowest BCUT2D eigenvalue weighted by Gasteiger charge is -2.21. The SMILES string of the molecule is CNN(C(=O)Oc1ccc2c(c1)CCN2Cc1ccccc1)c1ccccc1. The number of ether oxygens (including phenoxy) is 1. The van der Waals surface area contributed by atoms with Gasteiger partial charge in [0.2, 0.25) is 0 Å². The Labute approximate surface area is 165 Å². The molecule has 142 valence electrons. The molecule has 0 fully saturated rings. The molecular formula is C23H23N3O2. The van der Waals surface area contributed by atoms with Gasteiger partial charge in [0, 0.05) is 25.8 Å². The van der Waals surface area contributed by atoms with Crippen LogP contribution in [0.15, 0.2) is 78.9 Å². The molecule has 5 nitrogen and oxygen atoms in total. The van der Waals surface area contributed by atoms with Gasteiger partial charge in [-0.25, -0.2) is 15.2 Å². The van der Waals surface area contributed by atoms with Crippen LogP contribution in [-0.4, -0.2) is 19.7 Å². The number of carbonyl (C=O) groups excluding carboxylic acids is 1. The predicted molar refractivity (Wildman–Crippen MR) is 112 cm³/mol. The topological polar surface area (TPSA) is 44.8 Å². The van der Waals surface area contributed by atoms with Crippen LogP contribution < -0.4 is 20.1 Å². The second-order valence-corrected chi connectivity index (χ2v) is 6.71. The zero-order valence-corrected chi connectivity index (χ0v) is 15.8. The first-order valence-electron chi connectivity index (χ1n) is 9.41. The van der Waals surface area contributed by atoms with E-state index in [1.165, 1.54) is 21.8 Å². The summed E-state index contributed by atoms with van der Waals surface area (Å²) in [6.45, 7) is 1.85. The smallest absolute Gasteiger partial charge is 0.409 e. The van der Waals surface area contributed by atoms with Crippen LogP contribution in [0.1, 0.15) is 11.1 Å². The molecule has 28 heavy (non-hydrogen) atoms. The van der Waals surface area contributed by atoms with Gasteiger partial charge in [-0.2, -0.15) is 0 Å². The number of hydrogen-bond donors (Lipinski definition) is 1. The summed E-state index contributed by atoms with van der Waals surface area (Å²) in [6.07, 6.45) is 0.481. The van der Waals surface area contributed by atoms with Gasteiger partial charge in [-0.05, 0) is 47.9 Å². The molecule has 1 aliphatic heterocycles. The second-order valence-electron chi connectivity index (χ2n) is 6.71. The Bertz CT molecular complexity index is 945. The summed E-state index contributed by atoms with van der Waals surface area (Å²) < 4.78 is 5.61. The number of hydrazine groups is 1. The highest BCUT2D eigenvalue weighted by Gasteiger charge is 2.21. The third-order valence-corrected chi connectivity index (χ3v) is 4.88. The zero-order chi connectivity index (χ0) is 19.3. The molecule has 0 aromatic heterocycles. The maximum Gasteiger partial charge on any atom is 0.434 e. The van der Waals surface area contributed by atoms with E-state index in [4.69, 9.17) is 4.74 Å². The number of nitrogens with zero attached hydrogens (tertiary/aromatic N) is 2. The molecule has 4 rings (SSSR count). The maximum atomic E-state index is 12.6. The number of benzene rings is 3. The highest BCUT2D eigenvalue weighted by atomic mass is 16.6. The summed E-state index contributed by atoms with van der Waals surface area (Å²) in [7, 11) is 1.69. The molecule has 5 heteroatoms. The average Bonchev–Trinajstić information content (AvgIpc) is 3.12. The van der Waals surface area contributed by atoms with Crippen molar-refractivity contribution in [2.24, 2.45) is 0 Å². The molecule has 3 aromatic rings. The molecule has 1 amide bonds. The van der Waals surface area contributed by atoms with E-state index in [-0.39, 0.29) is 0 Å². The van der Waals surface area contributed by atoms with Crippen molar-refractivity contribution in [3.05, 3.63) is 90.0 Å². The summed E-state index contributed by atoms with van der Waals surface area (Å²) >= 11 is 0. The number of anilines is 2. The van der Waals surface area contributed by atoms with Crippen LogP contribution in [0.2, 0.25) is 0 Å². The first kappa shape index (κ1) is 18.1. The number of para-hydroxylation sites is 1. The number of nitrogens with one attached hydrogen (secondary N) is 1. The van der Waals surface area contributed by atoms with Crippen molar-refractivity contribution >= 4 is 17.5 Å². The number of carbonyl (C=O) groups is 1. The Morgan fingerprint density at radius 2 is 1.75 bits per heavy atom. The van der Waals surface area contributed by atoms with Crippen molar-refractivity contribution in [3.63, 3.8) is 0 Å². The predicted octanol–water partition coefficient (Wildman–Crippen LogP) is 4.39. The van der Waals surface area contributed by atoms with Crippen molar-refractivity contribution in [2.45, 2.75) is 13.0 Å². The van der Waals surface area contributed by atoms with E-state index >= 15 is 0 Å². The van der Waals surface area contributed by atoms with Gasteiger partial charge in [0.15, 0.2) is 0 Å². The quantitative estimate of drug-likeness (QED) is 0.674. The number of fused-ring (bicyclic) bond motifs is 1. The highest BCUT2D eigenvalue weighted by Crippen LogP contribution is 2.32. The fourth-order valence-corrected chi connectivity index (χ4v) is 3.53. The molecule has 1 N–H and O–H groups in total. The van der Waals surface area contributed by atoms with E-state index in [9.17, 15) is 4.79 Å². The van der Waals surface area contributed by atoms with Crippen molar-refractivity contribution in [1.82, 2.24) is 5.43 Å². The first-order valence-corrected chi connectivity index (χ1v) is 9.41. The molecule has 0 radical (unpaired) electrons. The Morgan fingerprint density at radius 3 is 2.46 bits per heavy atom. The summed E-state index contributed by atoms with van der Waals surface area (Å²) in [5.74, 6) is 0.557. The van der Waals surface area contributed by atoms with E-state index in [1.54, 1.807) is 7.05 Å². The summed E-state index contributed by atoms with van der Waals surface area (Å²) in [5, 5.41) is 1.38. The van der Waals surface area contributed by atoms with Crippen LogP contribution in [0, 0.1) is 0 Å². The molecule has 0 saturated heterocycles. The number of amides is 1. The molecule has 0 spiro atoms. The minimum atomic E-state index is -0.465. The molecule has 0 atom stereocenters. The van der Waals surface area contributed by atoms with E-state index < -0.39 is 6.09 Å². The molecule has 1 aliphatic rings. The van der Waals surface area contributed by atoms with Crippen molar-refractivity contribution in [3.8, 4) is 5.75 Å². The monoisotopic (exact) mass is 373 g/mol. The summed E-state index contributed by atoms with van der Waals surface area (Å²) in [5.41, 5.74) is 7.30. The minimum Gasteiger partial charge on any atom is -0.409 e. The van der Waals surface area contributed by atoms with Crippen LogP contribution in [0.25, 0.3) is 0 Å². The third kappa shape index (κ3) is 3.85. The average molecular weight is 373 g/mol. The molecule has 0 aliphatic carbocycles. The van der Waals surface area contributed by atoms with Gasteiger partial charge < -0.3 is 9.64 Å². The highest BCUT2D eigenvalue weighted by molar-refractivity contribution is 5.88. The van der Waals surface area contributed by atoms with Crippen LogP contribution in [-0.2, 0) is 13.0 Å². The van der Waals surface area contributed by atoms with Gasteiger partial charge in [0.05, 0.1) is 5.69 Å². The molecule has 3 aromatic carbocycles. The molecule has 0 unspecified atom stereocenters. The van der Waals surface area contributed by atoms with Gasteiger partial charge in [0.25, 0.3) is 0 Å². The Balaban J connectivity index is 1.47. The first-order chi connectivity index (χ1) is 13.7. The van der Waals surface area contributed by atoms with Gasteiger partial charge in [-0.1, -0.05) is 48.5 Å². The number of rotatable bonds is 5. The maximum absolute atomic E-state index is 12.6. The van der Waals surface area contributed by atoms with Crippen LogP contribution in [0.3, 0.4) is 0 Å². The van der Waals surface area contributed by atoms with Crippen molar-refractivity contribution < 1.29 is 9.53 Å². The molecular weight excluding hydrogens is 350 g/mol. The number of hydrogen-bond acceptors (Lipinski definition) is 4. The van der Waals surface area contributed by atoms with Crippen LogP contribution >= 0.6 is 0 Å². The normalized spacial score (nSPS) is 12.5. The molecule has 0 bridgehead atoms. The van der Waals surface area contributed by atoms with Crippen LogP contribution in [0.4, 0.5) is 16.2 Å². The van der Waals surface area contributed by atoms with Gasteiger partial charge in [-0.15, -0.1) is 0 Å². The molecule has 0 saturated carbocycles. The van der Waals surface area contributed by atoms with Gasteiger partial charge in [-0.3, -0.25) is 0 Å². The van der Waals surface area contributed by atoms with E-state index in [0.717, 1.165) is 25.2 Å². The third-order valence-electron chi connectivity index (χ3n) is 4.88. The fraction of sp³-hybridized carbons (Fsp3) is 0.174. The lowest BCUT2D eigenvalue weighted by Crippen LogP contribution is -2.42. The Morgan fingerprint density at radius 1 is 1.04 bits per heavy atom. The zero-order valence-electron chi connectivity index (χ0n) is 15.8. The Hall–Kier alpha value is -3.31. The molecule has 1 heterocycles. The van der Waals surface area contributed by atoms with E-state index in [1.807, 2.05) is 54.6 Å². The summed E-state index contributed by atoms with van der Waals surface area (Å²) in [4.78, 5) is 14.9. The standard InChI is InChI=1S/C23H23N3O2/c1-24-26(20-10-6-3-7-11-20)23(27)28-21-12-13-22-19(16-21)14-15-25(22)17-18-8-4-2-5-9-18/h2-13,16,24H,14-15,17H2,1H3.